The number of nitrogens with one attached hydrogen (secondary N) is 1. The molecule has 2 aromatic rings. The quantitative estimate of drug-likeness (QED) is 0.885. The van der Waals surface area contributed by atoms with Gasteiger partial charge in [-0.15, -0.1) is 0 Å². The number of nitrogens with zero attached hydrogens (tertiary/aromatic N) is 2. The molecule has 2 heterocycles. The lowest BCUT2D eigenvalue weighted by atomic mass is 9.99. The maximum atomic E-state index is 5.48. The Hall–Kier alpha value is -1.94. The first-order chi connectivity index (χ1) is 10.2. The molecule has 2 rings (SSSR count). The third-order valence-corrected chi connectivity index (χ3v) is 3.80. The summed E-state index contributed by atoms with van der Waals surface area (Å²) in [5.74, 6) is 0.941. The van der Waals surface area contributed by atoms with E-state index in [1.165, 1.54) is 5.56 Å². The molecule has 1 N–H and O–H groups in total. The van der Waals surface area contributed by atoms with Gasteiger partial charge >= 0.3 is 0 Å². The van der Waals surface area contributed by atoms with E-state index in [4.69, 9.17) is 4.74 Å². The van der Waals surface area contributed by atoms with Crippen molar-refractivity contribution < 1.29 is 4.74 Å². The summed E-state index contributed by atoms with van der Waals surface area (Å²) in [6.07, 6.45) is 7.41. The molecular weight excluding hydrogens is 262 g/mol. The summed E-state index contributed by atoms with van der Waals surface area (Å²) in [5.41, 5.74) is 4.52. The van der Waals surface area contributed by atoms with Gasteiger partial charge in [-0.3, -0.25) is 9.97 Å². The number of rotatable bonds is 6. The van der Waals surface area contributed by atoms with Crippen LogP contribution in [-0.2, 0) is 12.8 Å². The predicted octanol–water partition coefficient (Wildman–Crippen LogP) is 2.48. The van der Waals surface area contributed by atoms with Crippen LogP contribution in [0.5, 0.6) is 5.75 Å². The van der Waals surface area contributed by atoms with E-state index >= 15 is 0 Å². The van der Waals surface area contributed by atoms with Gasteiger partial charge in [0.1, 0.15) is 5.75 Å². The van der Waals surface area contributed by atoms with Crippen LogP contribution in [0, 0.1) is 13.8 Å². The number of ether oxygens (including phenoxy) is 1. The molecule has 0 amide bonds. The standard InChI is InChI=1S/C17H23N3O/c1-12-10-20-16(13(2)17(12)21-4)9-15(18-3)8-14-6-5-7-19-11-14/h5-7,10-11,15,18H,8-9H2,1-4H3. The van der Waals surface area contributed by atoms with Gasteiger partial charge in [-0.2, -0.15) is 0 Å². The molecule has 0 aliphatic heterocycles. The van der Waals surface area contributed by atoms with Crippen molar-refractivity contribution in [2.24, 2.45) is 0 Å². The van der Waals surface area contributed by atoms with Crippen LogP contribution in [0.15, 0.2) is 30.7 Å². The van der Waals surface area contributed by atoms with Gasteiger partial charge in [0.15, 0.2) is 0 Å². The van der Waals surface area contributed by atoms with Gasteiger partial charge in [0.2, 0.25) is 0 Å². The minimum Gasteiger partial charge on any atom is -0.496 e. The summed E-state index contributed by atoms with van der Waals surface area (Å²) in [4.78, 5) is 8.75. The van der Waals surface area contributed by atoms with Gasteiger partial charge in [-0.25, -0.2) is 0 Å². The third-order valence-electron chi connectivity index (χ3n) is 3.80. The minimum absolute atomic E-state index is 0.327. The molecule has 1 unspecified atom stereocenters. The fraction of sp³-hybridized carbons (Fsp3) is 0.412. The molecule has 4 heteroatoms. The molecule has 4 nitrogen and oxygen atoms in total. The van der Waals surface area contributed by atoms with Gasteiger partial charge < -0.3 is 10.1 Å². The zero-order valence-electron chi connectivity index (χ0n) is 13.2. The van der Waals surface area contributed by atoms with Gasteiger partial charge in [0.05, 0.1) is 7.11 Å². The van der Waals surface area contributed by atoms with Crippen molar-refractivity contribution in [1.82, 2.24) is 15.3 Å². The number of methoxy groups -OCH3 is 1. The molecule has 1 atom stereocenters. The normalized spacial score (nSPS) is 12.2. The molecule has 2 aromatic heterocycles. The Morgan fingerprint density at radius 3 is 2.67 bits per heavy atom. The topological polar surface area (TPSA) is 47.0 Å². The summed E-state index contributed by atoms with van der Waals surface area (Å²) in [5, 5.41) is 3.37. The second-order valence-corrected chi connectivity index (χ2v) is 5.30. The molecule has 0 aromatic carbocycles. The van der Waals surface area contributed by atoms with E-state index in [1.807, 2.05) is 32.4 Å². The van der Waals surface area contributed by atoms with Gasteiger partial charge in [-0.05, 0) is 38.9 Å². The Balaban J connectivity index is 2.15. The second kappa shape index (κ2) is 7.18. The fourth-order valence-electron chi connectivity index (χ4n) is 2.59. The van der Waals surface area contributed by atoms with Crippen molar-refractivity contribution in [2.45, 2.75) is 32.7 Å². The average Bonchev–Trinajstić information content (AvgIpc) is 2.50. The third kappa shape index (κ3) is 3.79. The van der Waals surface area contributed by atoms with Gasteiger partial charge in [0, 0.05) is 47.9 Å². The lowest BCUT2D eigenvalue weighted by Gasteiger charge is -2.18. The van der Waals surface area contributed by atoms with Crippen LogP contribution in [-0.4, -0.2) is 30.2 Å². The molecule has 0 radical (unpaired) electrons. The van der Waals surface area contributed by atoms with Crippen molar-refractivity contribution in [3.8, 4) is 5.75 Å². The maximum Gasteiger partial charge on any atom is 0.128 e. The van der Waals surface area contributed by atoms with Crippen molar-refractivity contribution in [1.29, 1.82) is 0 Å². The Morgan fingerprint density at radius 2 is 2.05 bits per heavy atom. The van der Waals surface area contributed by atoms with E-state index in [0.717, 1.165) is 35.4 Å². The van der Waals surface area contributed by atoms with Crippen LogP contribution in [0.2, 0.25) is 0 Å². The molecule has 0 saturated carbocycles. The number of likely N-dealkylation sites (N-methyl/N-ethyl adjacent to an activating group) is 1. The van der Waals surface area contributed by atoms with Gasteiger partial charge in [0.25, 0.3) is 0 Å². The summed E-state index contributed by atoms with van der Waals surface area (Å²) in [6.45, 7) is 4.10. The first-order valence-electron chi connectivity index (χ1n) is 7.21. The molecule has 21 heavy (non-hydrogen) atoms. The summed E-state index contributed by atoms with van der Waals surface area (Å²) < 4.78 is 5.48. The molecule has 0 spiro atoms. The molecule has 0 aliphatic carbocycles. The monoisotopic (exact) mass is 285 g/mol. The van der Waals surface area contributed by atoms with Crippen LogP contribution in [0.3, 0.4) is 0 Å². The van der Waals surface area contributed by atoms with Crippen LogP contribution >= 0.6 is 0 Å². The first-order valence-corrected chi connectivity index (χ1v) is 7.21. The van der Waals surface area contributed by atoms with E-state index in [9.17, 15) is 0 Å². The lowest BCUT2D eigenvalue weighted by Crippen LogP contribution is -2.30. The van der Waals surface area contributed by atoms with E-state index in [-0.39, 0.29) is 0 Å². The fourth-order valence-corrected chi connectivity index (χ4v) is 2.59. The predicted molar refractivity (Wildman–Crippen MR) is 84.8 cm³/mol. The molecule has 0 saturated heterocycles. The van der Waals surface area contributed by atoms with E-state index in [0.29, 0.717) is 6.04 Å². The highest BCUT2D eigenvalue weighted by Crippen LogP contribution is 2.24. The highest BCUT2D eigenvalue weighted by Gasteiger charge is 2.14. The molecule has 112 valence electrons. The molecule has 0 bridgehead atoms. The highest BCUT2D eigenvalue weighted by molar-refractivity contribution is 5.41. The number of pyridine rings is 2. The smallest absolute Gasteiger partial charge is 0.128 e. The Labute approximate surface area is 126 Å². The summed E-state index contributed by atoms with van der Waals surface area (Å²) in [6, 6.07) is 4.40. The van der Waals surface area contributed by atoms with Crippen molar-refractivity contribution in [2.75, 3.05) is 14.2 Å². The van der Waals surface area contributed by atoms with Crippen molar-refractivity contribution >= 4 is 0 Å². The number of hydrogen-bond donors (Lipinski definition) is 1. The Morgan fingerprint density at radius 1 is 1.24 bits per heavy atom. The highest BCUT2D eigenvalue weighted by atomic mass is 16.5. The zero-order valence-corrected chi connectivity index (χ0v) is 13.2. The molecule has 0 fully saturated rings. The SMILES string of the molecule is CNC(Cc1cccnc1)Cc1ncc(C)c(OC)c1C. The lowest BCUT2D eigenvalue weighted by molar-refractivity contribution is 0.406. The van der Waals surface area contributed by atoms with E-state index < -0.39 is 0 Å². The zero-order chi connectivity index (χ0) is 15.2. The van der Waals surface area contributed by atoms with Crippen LogP contribution < -0.4 is 10.1 Å². The number of aromatic nitrogens is 2. The largest absolute Gasteiger partial charge is 0.496 e. The first kappa shape index (κ1) is 15.4. The van der Waals surface area contributed by atoms with Crippen LogP contribution in [0.4, 0.5) is 0 Å². The van der Waals surface area contributed by atoms with Crippen LogP contribution in [0.25, 0.3) is 0 Å². The van der Waals surface area contributed by atoms with Crippen LogP contribution in [0.1, 0.15) is 22.4 Å². The summed E-state index contributed by atoms with van der Waals surface area (Å²) >= 11 is 0. The van der Waals surface area contributed by atoms with Crippen molar-refractivity contribution in [3.63, 3.8) is 0 Å². The second-order valence-electron chi connectivity index (χ2n) is 5.30. The number of aryl methyl sites for hydroxylation is 1. The average molecular weight is 285 g/mol. The Bertz CT molecular complexity index is 584. The molecule has 0 aliphatic rings. The summed E-state index contributed by atoms with van der Waals surface area (Å²) in [7, 11) is 3.70. The minimum atomic E-state index is 0.327. The maximum absolute atomic E-state index is 5.48. The van der Waals surface area contributed by atoms with Gasteiger partial charge in [-0.1, -0.05) is 6.07 Å². The Kier molecular flexibility index (Phi) is 5.28. The molecular formula is C17H23N3O. The van der Waals surface area contributed by atoms with E-state index in [2.05, 4.69) is 28.3 Å². The van der Waals surface area contributed by atoms with E-state index in [1.54, 1.807) is 13.3 Å². The van der Waals surface area contributed by atoms with Crippen molar-refractivity contribution in [3.05, 3.63) is 53.1 Å². The number of hydrogen-bond acceptors (Lipinski definition) is 4.